The largest absolute Gasteiger partial charge is 0.493 e. The van der Waals surface area contributed by atoms with Crippen LogP contribution in [0, 0.1) is 6.92 Å². The molecule has 0 unspecified atom stereocenters. The first kappa shape index (κ1) is 19.1. The number of allylic oxidation sites excluding steroid dienone is 4. The van der Waals surface area contributed by atoms with Gasteiger partial charge in [-0.3, -0.25) is 0 Å². The number of aryl methyl sites for hydroxylation is 1. The summed E-state index contributed by atoms with van der Waals surface area (Å²) < 4.78 is 16.5. The normalized spacial score (nSPS) is 11.2. The van der Waals surface area contributed by atoms with E-state index in [1.165, 1.54) is 11.1 Å². The molecule has 3 heteroatoms. The van der Waals surface area contributed by atoms with Crippen LogP contribution in [-0.4, -0.2) is 21.3 Å². The summed E-state index contributed by atoms with van der Waals surface area (Å²) in [5.74, 6) is 2.12. The number of ether oxygens (including phenoxy) is 3. The minimum absolute atomic E-state index is 0.659. The minimum Gasteiger partial charge on any atom is -0.493 e. The van der Waals surface area contributed by atoms with Crippen LogP contribution in [0.2, 0.25) is 0 Å². The van der Waals surface area contributed by atoms with E-state index in [0.29, 0.717) is 11.5 Å². The summed E-state index contributed by atoms with van der Waals surface area (Å²) in [6, 6.07) is 2.00. The van der Waals surface area contributed by atoms with E-state index in [9.17, 15) is 0 Å². The Morgan fingerprint density at radius 2 is 1.61 bits per heavy atom. The molecule has 23 heavy (non-hydrogen) atoms. The molecule has 0 spiro atoms. The lowest BCUT2D eigenvalue weighted by Crippen LogP contribution is -2.01. The second-order valence-corrected chi connectivity index (χ2v) is 6.02. The predicted molar refractivity (Wildman–Crippen MR) is 97.0 cm³/mol. The van der Waals surface area contributed by atoms with Crippen LogP contribution in [0.3, 0.4) is 0 Å². The van der Waals surface area contributed by atoms with Crippen LogP contribution in [0.4, 0.5) is 0 Å². The molecule has 0 aliphatic carbocycles. The average molecular weight is 318 g/mol. The van der Waals surface area contributed by atoms with Crippen molar-refractivity contribution in [2.75, 3.05) is 21.3 Å². The van der Waals surface area contributed by atoms with Crippen molar-refractivity contribution in [2.45, 2.75) is 47.0 Å². The third kappa shape index (κ3) is 5.34. The number of hydrogen-bond acceptors (Lipinski definition) is 3. The van der Waals surface area contributed by atoms with E-state index < -0.39 is 0 Å². The quantitative estimate of drug-likeness (QED) is 0.612. The van der Waals surface area contributed by atoms with Crippen LogP contribution >= 0.6 is 0 Å². The van der Waals surface area contributed by atoms with Gasteiger partial charge in [-0.25, -0.2) is 0 Å². The molecule has 128 valence electrons. The maximum absolute atomic E-state index is 5.59. The van der Waals surface area contributed by atoms with Crippen LogP contribution in [0.15, 0.2) is 29.4 Å². The first-order chi connectivity index (χ1) is 10.9. The van der Waals surface area contributed by atoms with Crippen molar-refractivity contribution in [3.8, 4) is 17.2 Å². The highest BCUT2D eigenvalue weighted by Crippen LogP contribution is 2.42. The van der Waals surface area contributed by atoms with E-state index in [1.54, 1.807) is 21.3 Å². The molecule has 1 aromatic carbocycles. The van der Waals surface area contributed by atoms with Crippen molar-refractivity contribution in [1.82, 2.24) is 0 Å². The molecule has 0 aromatic heterocycles. The molecule has 0 fully saturated rings. The second kappa shape index (κ2) is 9.29. The van der Waals surface area contributed by atoms with Gasteiger partial charge in [-0.2, -0.15) is 0 Å². The zero-order valence-corrected chi connectivity index (χ0v) is 15.6. The molecule has 0 radical (unpaired) electrons. The molecule has 0 saturated carbocycles. The van der Waals surface area contributed by atoms with E-state index in [4.69, 9.17) is 14.2 Å². The molecule has 1 rings (SSSR count). The lowest BCUT2D eigenvalue weighted by atomic mass is 10.0. The summed E-state index contributed by atoms with van der Waals surface area (Å²) in [7, 11) is 4.95. The van der Waals surface area contributed by atoms with Gasteiger partial charge in [0.2, 0.25) is 5.75 Å². The Kier molecular flexibility index (Phi) is 7.73. The molecule has 0 atom stereocenters. The fourth-order valence-electron chi connectivity index (χ4n) is 2.56. The highest BCUT2D eigenvalue weighted by atomic mass is 16.5. The predicted octanol–water partition coefficient (Wildman–Crippen LogP) is 5.26. The first-order valence-electron chi connectivity index (χ1n) is 8.02. The van der Waals surface area contributed by atoms with Gasteiger partial charge in [0.05, 0.1) is 21.3 Å². The average Bonchev–Trinajstić information content (AvgIpc) is 2.51. The van der Waals surface area contributed by atoms with E-state index >= 15 is 0 Å². The Labute approximate surface area is 141 Å². The lowest BCUT2D eigenvalue weighted by Gasteiger charge is -2.17. The topological polar surface area (TPSA) is 27.7 Å². The van der Waals surface area contributed by atoms with Gasteiger partial charge in [-0.15, -0.1) is 0 Å². The molecule has 0 heterocycles. The van der Waals surface area contributed by atoms with Crippen LogP contribution in [0.1, 0.15) is 44.7 Å². The van der Waals surface area contributed by atoms with Crippen molar-refractivity contribution in [3.63, 3.8) is 0 Å². The van der Waals surface area contributed by atoms with Crippen LogP contribution in [-0.2, 0) is 6.42 Å². The summed E-state index contributed by atoms with van der Waals surface area (Å²) in [6.45, 7) is 8.53. The first-order valence-corrected chi connectivity index (χ1v) is 8.02. The van der Waals surface area contributed by atoms with Crippen molar-refractivity contribution in [2.24, 2.45) is 0 Å². The van der Waals surface area contributed by atoms with E-state index in [-0.39, 0.29) is 0 Å². The van der Waals surface area contributed by atoms with Crippen LogP contribution < -0.4 is 14.2 Å². The zero-order chi connectivity index (χ0) is 17.4. The monoisotopic (exact) mass is 318 g/mol. The Morgan fingerprint density at radius 1 is 0.957 bits per heavy atom. The molecule has 0 N–H and O–H groups in total. The molecule has 0 aliphatic heterocycles. The molecule has 0 aliphatic rings. The molecular weight excluding hydrogens is 288 g/mol. The molecule has 0 saturated heterocycles. The van der Waals surface area contributed by atoms with Crippen molar-refractivity contribution < 1.29 is 14.2 Å². The summed E-state index contributed by atoms with van der Waals surface area (Å²) >= 11 is 0. The second-order valence-electron chi connectivity index (χ2n) is 6.02. The number of rotatable bonds is 8. The highest BCUT2D eigenvalue weighted by molar-refractivity contribution is 5.59. The van der Waals surface area contributed by atoms with Gasteiger partial charge in [-0.05, 0) is 58.6 Å². The summed E-state index contributed by atoms with van der Waals surface area (Å²) in [4.78, 5) is 0. The van der Waals surface area contributed by atoms with Crippen molar-refractivity contribution in [1.29, 1.82) is 0 Å². The maximum Gasteiger partial charge on any atom is 0.203 e. The van der Waals surface area contributed by atoms with Gasteiger partial charge >= 0.3 is 0 Å². The Bertz CT molecular complexity index is 579. The number of methoxy groups -OCH3 is 3. The minimum atomic E-state index is 0.659. The van der Waals surface area contributed by atoms with Crippen LogP contribution in [0.5, 0.6) is 17.2 Å². The standard InChI is InChI=1S/C20H30O3/c1-14(2)9-8-10-15(3)11-12-17-16(4)13-18(21-5)20(23-7)19(17)22-6/h9,11,13H,8,10,12H2,1-7H3/b15-11+. The zero-order valence-electron chi connectivity index (χ0n) is 15.6. The fourth-order valence-corrected chi connectivity index (χ4v) is 2.56. The fraction of sp³-hybridized carbons (Fsp3) is 0.500. The SMILES string of the molecule is COc1cc(C)c(C/C=C(\C)CCC=C(C)C)c(OC)c1OC. The maximum atomic E-state index is 5.59. The number of hydrogen-bond donors (Lipinski definition) is 0. The van der Waals surface area contributed by atoms with Gasteiger partial charge in [0, 0.05) is 5.56 Å². The molecule has 0 amide bonds. The Balaban J connectivity index is 3.01. The van der Waals surface area contributed by atoms with E-state index in [1.807, 2.05) is 6.07 Å². The molecule has 0 bridgehead atoms. The van der Waals surface area contributed by atoms with E-state index in [2.05, 4.69) is 39.8 Å². The Hall–Kier alpha value is -1.90. The van der Waals surface area contributed by atoms with Crippen LogP contribution in [0.25, 0.3) is 0 Å². The van der Waals surface area contributed by atoms with Crippen molar-refractivity contribution in [3.05, 3.63) is 40.5 Å². The molecule has 3 nitrogen and oxygen atoms in total. The van der Waals surface area contributed by atoms with E-state index in [0.717, 1.165) is 36.1 Å². The van der Waals surface area contributed by atoms with Gasteiger partial charge < -0.3 is 14.2 Å². The Morgan fingerprint density at radius 3 is 2.13 bits per heavy atom. The van der Waals surface area contributed by atoms with Gasteiger partial charge in [-0.1, -0.05) is 23.3 Å². The smallest absolute Gasteiger partial charge is 0.203 e. The molecular formula is C20H30O3. The summed E-state index contributed by atoms with van der Waals surface area (Å²) in [5.41, 5.74) is 5.05. The summed E-state index contributed by atoms with van der Waals surface area (Å²) in [6.07, 6.45) is 7.55. The lowest BCUT2D eigenvalue weighted by molar-refractivity contribution is 0.322. The highest BCUT2D eigenvalue weighted by Gasteiger charge is 2.17. The third-order valence-electron chi connectivity index (χ3n) is 3.90. The molecule has 1 aromatic rings. The van der Waals surface area contributed by atoms with Crippen molar-refractivity contribution >= 4 is 0 Å². The number of benzene rings is 1. The van der Waals surface area contributed by atoms with Gasteiger partial charge in [0.25, 0.3) is 0 Å². The summed E-state index contributed by atoms with van der Waals surface area (Å²) in [5, 5.41) is 0. The van der Waals surface area contributed by atoms with Gasteiger partial charge in [0.1, 0.15) is 0 Å². The third-order valence-corrected chi connectivity index (χ3v) is 3.90. The van der Waals surface area contributed by atoms with Gasteiger partial charge in [0.15, 0.2) is 11.5 Å².